The van der Waals surface area contributed by atoms with E-state index in [-0.39, 0.29) is 5.91 Å². The molecular weight excluding hydrogens is 290 g/mol. The number of carbonyl (C=O) groups excluding carboxylic acids is 1. The van der Waals surface area contributed by atoms with E-state index in [1.807, 2.05) is 24.3 Å². The van der Waals surface area contributed by atoms with Crippen LogP contribution < -0.4 is 5.32 Å². The molecular formula is C16H20ClNOS. The summed E-state index contributed by atoms with van der Waals surface area (Å²) in [5, 5.41) is 3.99. The normalized spacial score (nSPS) is 27.8. The van der Waals surface area contributed by atoms with E-state index in [1.54, 1.807) is 11.8 Å². The molecule has 1 N–H and O–H groups in total. The number of carbonyl (C=O) groups is 1. The highest BCUT2D eigenvalue weighted by Crippen LogP contribution is 2.44. The summed E-state index contributed by atoms with van der Waals surface area (Å²) in [5.41, 5.74) is 0. The zero-order chi connectivity index (χ0) is 13.9. The molecule has 0 unspecified atom stereocenters. The van der Waals surface area contributed by atoms with Gasteiger partial charge < -0.3 is 5.32 Å². The third-order valence-electron chi connectivity index (χ3n) is 4.50. The Morgan fingerprint density at radius 2 is 2.05 bits per heavy atom. The summed E-state index contributed by atoms with van der Waals surface area (Å²) in [6.45, 7) is 0. The third kappa shape index (κ3) is 3.50. The quantitative estimate of drug-likeness (QED) is 0.829. The molecule has 1 amide bonds. The smallest absolute Gasteiger partial charge is 0.221 e. The zero-order valence-electron chi connectivity index (χ0n) is 11.5. The number of benzene rings is 1. The van der Waals surface area contributed by atoms with E-state index in [9.17, 15) is 4.79 Å². The molecule has 108 valence electrons. The standard InChI is InChI=1S/C16H20ClNOS/c17-13-3-5-14(6-4-13)20-8-7-16(19)18-15-10-11-1-2-12(15)9-11/h3-6,11-12,15H,1-2,7-10H2,(H,18,19)/t11-,12-,15-/m1/s1. The van der Waals surface area contributed by atoms with Crippen LogP contribution in [0.15, 0.2) is 29.2 Å². The Morgan fingerprint density at radius 1 is 1.25 bits per heavy atom. The van der Waals surface area contributed by atoms with Crippen molar-refractivity contribution in [3.05, 3.63) is 29.3 Å². The summed E-state index contributed by atoms with van der Waals surface area (Å²) >= 11 is 7.56. The Hall–Kier alpha value is -0.670. The van der Waals surface area contributed by atoms with Crippen LogP contribution >= 0.6 is 23.4 Å². The van der Waals surface area contributed by atoms with Gasteiger partial charge in [-0.1, -0.05) is 18.0 Å². The van der Waals surface area contributed by atoms with Gasteiger partial charge in [0.05, 0.1) is 0 Å². The Labute approximate surface area is 129 Å². The van der Waals surface area contributed by atoms with Crippen molar-refractivity contribution in [2.75, 3.05) is 5.75 Å². The predicted molar refractivity (Wildman–Crippen MR) is 84.2 cm³/mol. The fourth-order valence-corrected chi connectivity index (χ4v) is 4.47. The van der Waals surface area contributed by atoms with Crippen molar-refractivity contribution < 1.29 is 4.79 Å². The fraction of sp³-hybridized carbons (Fsp3) is 0.562. The highest BCUT2D eigenvalue weighted by atomic mass is 35.5. The summed E-state index contributed by atoms with van der Waals surface area (Å²) in [6, 6.07) is 8.24. The lowest BCUT2D eigenvalue weighted by Crippen LogP contribution is -2.38. The maximum Gasteiger partial charge on any atom is 0.221 e. The topological polar surface area (TPSA) is 29.1 Å². The first-order valence-corrected chi connectivity index (χ1v) is 8.75. The van der Waals surface area contributed by atoms with Crippen molar-refractivity contribution in [2.24, 2.45) is 11.8 Å². The number of hydrogen-bond donors (Lipinski definition) is 1. The second kappa shape index (κ2) is 6.40. The van der Waals surface area contributed by atoms with Gasteiger partial charge in [0, 0.05) is 28.1 Å². The number of thioether (sulfide) groups is 1. The number of amides is 1. The van der Waals surface area contributed by atoms with Crippen molar-refractivity contribution in [1.82, 2.24) is 5.32 Å². The van der Waals surface area contributed by atoms with Crippen molar-refractivity contribution in [2.45, 2.75) is 43.0 Å². The number of rotatable bonds is 5. The molecule has 3 atom stereocenters. The Kier molecular flexibility index (Phi) is 4.57. The van der Waals surface area contributed by atoms with Crippen LogP contribution in [0.25, 0.3) is 0 Å². The minimum atomic E-state index is 0.212. The third-order valence-corrected chi connectivity index (χ3v) is 5.76. The lowest BCUT2D eigenvalue weighted by molar-refractivity contribution is -0.121. The summed E-state index contributed by atoms with van der Waals surface area (Å²) in [5.74, 6) is 2.68. The first-order chi connectivity index (χ1) is 9.70. The molecule has 3 rings (SSSR count). The Morgan fingerprint density at radius 3 is 2.70 bits per heavy atom. The number of halogens is 1. The lowest BCUT2D eigenvalue weighted by Gasteiger charge is -2.22. The number of hydrogen-bond acceptors (Lipinski definition) is 2. The van der Waals surface area contributed by atoms with Crippen LogP contribution in [0.5, 0.6) is 0 Å². The summed E-state index contributed by atoms with van der Waals surface area (Å²) < 4.78 is 0. The van der Waals surface area contributed by atoms with Crippen LogP contribution in [0.2, 0.25) is 5.02 Å². The van der Waals surface area contributed by atoms with Crippen LogP contribution in [0.1, 0.15) is 32.1 Å². The van der Waals surface area contributed by atoms with Crippen LogP contribution in [0.3, 0.4) is 0 Å². The van der Waals surface area contributed by atoms with Crippen LogP contribution in [-0.2, 0) is 4.79 Å². The maximum atomic E-state index is 12.0. The van der Waals surface area contributed by atoms with Gasteiger partial charge >= 0.3 is 0 Å². The number of fused-ring (bicyclic) bond motifs is 2. The van der Waals surface area contributed by atoms with E-state index in [2.05, 4.69) is 5.32 Å². The van der Waals surface area contributed by atoms with E-state index >= 15 is 0 Å². The molecule has 2 bridgehead atoms. The minimum absolute atomic E-state index is 0.212. The summed E-state index contributed by atoms with van der Waals surface area (Å²) in [7, 11) is 0. The fourth-order valence-electron chi connectivity index (χ4n) is 3.49. The SMILES string of the molecule is O=C(CCSc1ccc(Cl)cc1)N[C@@H]1C[C@@H]2CC[C@@H]1C2. The van der Waals surface area contributed by atoms with E-state index in [1.165, 1.54) is 30.6 Å². The molecule has 2 aliphatic carbocycles. The van der Waals surface area contributed by atoms with E-state index in [0.29, 0.717) is 12.5 Å². The van der Waals surface area contributed by atoms with Gasteiger partial charge in [-0.05, 0) is 55.4 Å². The molecule has 1 aromatic rings. The Balaban J connectivity index is 1.38. The first kappa shape index (κ1) is 14.3. The largest absolute Gasteiger partial charge is 0.353 e. The summed E-state index contributed by atoms with van der Waals surface area (Å²) in [4.78, 5) is 13.1. The van der Waals surface area contributed by atoms with Gasteiger partial charge in [-0.25, -0.2) is 0 Å². The van der Waals surface area contributed by atoms with Gasteiger partial charge in [0.1, 0.15) is 0 Å². The molecule has 0 radical (unpaired) electrons. The molecule has 0 aliphatic heterocycles. The molecule has 0 saturated heterocycles. The predicted octanol–water partition coefficient (Wildman–Crippen LogP) is 4.13. The molecule has 0 aromatic heterocycles. The highest BCUT2D eigenvalue weighted by Gasteiger charge is 2.39. The van der Waals surface area contributed by atoms with Crippen molar-refractivity contribution >= 4 is 29.3 Å². The van der Waals surface area contributed by atoms with Gasteiger partial charge in [-0.2, -0.15) is 0 Å². The average Bonchev–Trinajstić information content (AvgIpc) is 3.03. The van der Waals surface area contributed by atoms with Gasteiger partial charge in [-0.15, -0.1) is 11.8 Å². The molecule has 0 spiro atoms. The molecule has 2 nitrogen and oxygen atoms in total. The van der Waals surface area contributed by atoms with Crippen LogP contribution in [0, 0.1) is 11.8 Å². The maximum absolute atomic E-state index is 12.0. The van der Waals surface area contributed by atoms with Gasteiger partial charge in [-0.3, -0.25) is 4.79 Å². The Bertz CT molecular complexity index is 476. The minimum Gasteiger partial charge on any atom is -0.353 e. The lowest BCUT2D eigenvalue weighted by atomic mass is 9.95. The van der Waals surface area contributed by atoms with Gasteiger partial charge in [0.15, 0.2) is 0 Å². The molecule has 0 heterocycles. The second-order valence-electron chi connectivity index (χ2n) is 5.90. The molecule has 2 fully saturated rings. The molecule has 4 heteroatoms. The zero-order valence-corrected chi connectivity index (χ0v) is 13.1. The van der Waals surface area contributed by atoms with Crippen LogP contribution in [-0.4, -0.2) is 17.7 Å². The monoisotopic (exact) mass is 309 g/mol. The molecule has 2 saturated carbocycles. The highest BCUT2D eigenvalue weighted by molar-refractivity contribution is 7.99. The van der Waals surface area contributed by atoms with Crippen molar-refractivity contribution in [1.29, 1.82) is 0 Å². The van der Waals surface area contributed by atoms with Gasteiger partial charge in [0.2, 0.25) is 5.91 Å². The number of nitrogens with one attached hydrogen (secondary N) is 1. The summed E-state index contributed by atoms with van der Waals surface area (Å²) in [6.07, 6.45) is 5.84. The van der Waals surface area contributed by atoms with E-state index < -0.39 is 0 Å². The first-order valence-electron chi connectivity index (χ1n) is 7.38. The average molecular weight is 310 g/mol. The van der Waals surface area contributed by atoms with Gasteiger partial charge in [0.25, 0.3) is 0 Å². The second-order valence-corrected chi connectivity index (χ2v) is 7.51. The molecule has 1 aromatic carbocycles. The van der Waals surface area contributed by atoms with E-state index in [0.717, 1.165) is 22.6 Å². The molecule has 2 aliphatic rings. The van der Waals surface area contributed by atoms with E-state index in [4.69, 9.17) is 11.6 Å². The van der Waals surface area contributed by atoms with Crippen LogP contribution in [0.4, 0.5) is 0 Å². The van der Waals surface area contributed by atoms with Crippen molar-refractivity contribution in [3.63, 3.8) is 0 Å². The molecule has 20 heavy (non-hydrogen) atoms. The van der Waals surface area contributed by atoms with Crippen molar-refractivity contribution in [3.8, 4) is 0 Å².